The fraction of sp³-hybridized carbons (Fsp3) is 0.136. The van der Waals surface area contributed by atoms with Gasteiger partial charge in [0.1, 0.15) is 0 Å². The van der Waals surface area contributed by atoms with E-state index in [1.165, 1.54) is 11.4 Å². The molecule has 7 heteroatoms. The van der Waals surface area contributed by atoms with Crippen molar-refractivity contribution in [2.75, 3.05) is 7.05 Å². The van der Waals surface area contributed by atoms with Crippen LogP contribution in [-0.2, 0) is 23.1 Å². The van der Waals surface area contributed by atoms with Crippen molar-refractivity contribution < 1.29 is 13.2 Å². The Morgan fingerprint density at radius 1 is 0.931 bits per heavy atom. The number of hydrogen-bond acceptors (Lipinski definition) is 3. The van der Waals surface area contributed by atoms with Gasteiger partial charge in [-0.25, -0.2) is 8.42 Å². The molecule has 0 aliphatic carbocycles. The molecule has 29 heavy (non-hydrogen) atoms. The number of amides is 1. The van der Waals surface area contributed by atoms with Crippen LogP contribution in [0.2, 0.25) is 5.02 Å². The molecule has 150 valence electrons. The van der Waals surface area contributed by atoms with Crippen molar-refractivity contribution in [2.24, 2.45) is 0 Å². The van der Waals surface area contributed by atoms with Crippen molar-refractivity contribution in [3.05, 3.63) is 101 Å². The first-order valence-electron chi connectivity index (χ1n) is 9.00. The monoisotopic (exact) mass is 428 g/mol. The van der Waals surface area contributed by atoms with Crippen LogP contribution in [0.25, 0.3) is 0 Å². The van der Waals surface area contributed by atoms with Gasteiger partial charge in [-0.15, -0.1) is 0 Å². The smallest absolute Gasteiger partial charge is 0.251 e. The van der Waals surface area contributed by atoms with Crippen molar-refractivity contribution in [3.63, 3.8) is 0 Å². The highest BCUT2D eigenvalue weighted by Crippen LogP contribution is 2.17. The quantitative estimate of drug-likeness (QED) is 0.616. The van der Waals surface area contributed by atoms with E-state index in [0.29, 0.717) is 17.1 Å². The van der Waals surface area contributed by atoms with Crippen LogP contribution >= 0.6 is 11.6 Å². The van der Waals surface area contributed by atoms with Crippen LogP contribution in [0.3, 0.4) is 0 Å². The number of nitrogens with zero attached hydrogens (tertiary/aromatic N) is 1. The first-order chi connectivity index (χ1) is 13.9. The molecule has 3 aromatic carbocycles. The third-order valence-electron chi connectivity index (χ3n) is 4.47. The topological polar surface area (TPSA) is 66.5 Å². The summed E-state index contributed by atoms with van der Waals surface area (Å²) in [6.07, 6.45) is 0. The second kappa shape index (κ2) is 9.22. The minimum Gasteiger partial charge on any atom is -0.348 e. The molecule has 0 saturated carbocycles. The van der Waals surface area contributed by atoms with E-state index in [0.717, 1.165) is 11.1 Å². The summed E-state index contributed by atoms with van der Waals surface area (Å²) in [5.41, 5.74) is 2.12. The molecular formula is C22H21ClN2O3S. The third-order valence-corrected chi connectivity index (χ3v) is 6.66. The van der Waals surface area contributed by atoms with E-state index in [2.05, 4.69) is 5.32 Å². The van der Waals surface area contributed by atoms with Gasteiger partial charge in [0.05, 0.1) is 4.90 Å². The summed E-state index contributed by atoms with van der Waals surface area (Å²) in [6, 6.07) is 22.5. The average molecular weight is 429 g/mol. The van der Waals surface area contributed by atoms with Gasteiger partial charge in [0.15, 0.2) is 0 Å². The first-order valence-corrected chi connectivity index (χ1v) is 10.8. The highest BCUT2D eigenvalue weighted by atomic mass is 35.5. The van der Waals surface area contributed by atoms with Gasteiger partial charge in [0.25, 0.3) is 5.91 Å². The van der Waals surface area contributed by atoms with Crippen molar-refractivity contribution in [3.8, 4) is 0 Å². The predicted octanol–water partition coefficient (Wildman–Crippen LogP) is 4.09. The number of benzene rings is 3. The number of rotatable bonds is 7. The maximum absolute atomic E-state index is 12.6. The number of carbonyl (C=O) groups is 1. The molecule has 0 aromatic heterocycles. The summed E-state index contributed by atoms with van der Waals surface area (Å²) >= 11 is 6.10. The van der Waals surface area contributed by atoms with E-state index >= 15 is 0 Å². The van der Waals surface area contributed by atoms with Gasteiger partial charge in [-0.3, -0.25) is 4.79 Å². The Hall–Kier alpha value is -2.67. The first kappa shape index (κ1) is 21.0. The maximum Gasteiger partial charge on any atom is 0.251 e. The van der Waals surface area contributed by atoms with Crippen LogP contribution in [0.15, 0.2) is 83.8 Å². The van der Waals surface area contributed by atoms with Gasteiger partial charge in [0.2, 0.25) is 10.0 Å². The van der Waals surface area contributed by atoms with E-state index in [9.17, 15) is 13.2 Å². The molecule has 0 unspecified atom stereocenters. The van der Waals surface area contributed by atoms with Crippen LogP contribution in [-0.4, -0.2) is 25.7 Å². The Bertz CT molecular complexity index is 1080. The highest BCUT2D eigenvalue weighted by molar-refractivity contribution is 7.89. The second-order valence-electron chi connectivity index (χ2n) is 6.55. The normalized spacial score (nSPS) is 11.4. The molecule has 0 spiro atoms. The summed E-state index contributed by atoms with van der Waals surface area (Å²) in [4.78, 5) is 12.6. The van der Waals surface area contributed by atoms with E-state index < -0.39 is 10.0 Å². The van der Waals surface area contributed by atoms with E-state index in [-0.39, 0.29) is 17.3 Å². The fourth-order valence-electron chi connectivity index (χ4n) is 2.80. The van der Waals surface area contributed by atoms with Gasteiger partial charge in [-0.2, -0.15) is 4.31 Å². The number of carbonyl (C=O) groups excluding carboxylic acids is 1. The van der Waals surface area contributed by atoms with Crippen LogP contribution < -0.4 is 5.32 Å². The second-order valence-corrected chi connectivity index (χ2v) is 9.00. The third kappa shape index (κ3) is 5.23. The van der Waals surface area contributed by atoms with Crippen LogP contribution in [0.1, 0.15) is 21.5 Å². The molecule has 0 aliphatic rings. The number of halogens is 1. The van der Waals surface area contributed by atoms with Gasteiger partial charge in [-0.05, 0) is 41.5 Å². The number of nitrogens with one attached hydrogen (secondary N) is 1. The molecule has 0 radical (unpaired) electrons. The lowest BCUT2D eigenvalue weighted by Gasteiger charge is -2.17. The average Bonchev–Trinajstić information content (AvgIpc) is 2.74. The van der Waals surface area contributed by atoms with Crippen molar-refractivity contribution in [2.45, 2.75) is 18.0 Å². The molecule has 0 heterocycles. The minimum atomic E-state index is -3.57. The summed E-state index contributed by atoms with van der Waals surface area (Å²) in [5.74, 6) is -0.221. The predicted molar refractivity (Wildman–Crippen MR) is 114 cm³/mol. The van der Waals surface area contributed by atoms with Crippen LogP contribution in [0.5, 0.6) is 0 Å². The largest absolute Gasteiger partial charge is 0.348 e. The van der Waals surface area contributed by atoms with Crippen molar-refractivity contribution in [1.82, 2.24) is 9.62 Å². The van der Waals surface area contributed by atoms with E-state index in [1.54, 1.807) is 60.7 Å². The Morgan fingerprint density at radius 2 is 1.55 bits per heavy atom. The minimum absolute atomic E-state index is 0.207. The summed E-state index contributed by atoms with van der Waals surface area (Å²) in [6.45, 7) is 0.539. The summed E-state index contributed by atoms with van der Waals surface area (Å²) < 4.78 is 26.5. The Morgan fingerprint density at radius 3 is 2.21 bits per heavy atom. The van der Waals surface area contributed by atoms with Gasteiger partial charge in [-0.1, -0.05) is 60.1 Å². The maximum atomic E-state index is 12.6. The zero-order chi connectivity index (χ0) is 20.9. The molecule has 3 rings (SSSR count). The summed E-state index contributed by atoms with van der Waals surface area (Å²) in [7, 11) is -2.03. The van der Waals surface area contributed by atoms with Crippen LogP contribution in [0.4, 0.5) is 0 Å². The van der Waals surface area contributed by atoms with E-state index in [1.807, 2.05) is 18.2 Å². The lowest BCUT2D eigenvalue weighted by molar-refractivity contribution is 0.0951. The highest BCUT2D eigenvalue weighted by Gasteiger charge is 2.20. The fourth-order valence-corrected chi connectivity index (χ4v) is 4.18. The van der Waals surface area contributed by atoms with Crippen molar-refractivity contribution in [1.29, 1.82) is 0 Å². The molecule has 0 fully saturated rings. The van der Waals surface area contributed by atoms with Gasteiger partial charge >= 0.3 is 0 Å². The zero-order valence-electron chi connectivity index (χ0n) is 15.9. The lowest BCUT2D eigenvalue weighted by Crippen LogP contribution is -2.26. The molecule has 0 atom stereocenters. The molecule has 0 saturated heterocycles. The molecule has 5 nitrogen and oxygen atoms in total. The molecule has 1 amide bonds. The molecule has 0 bridgehead atoms. The molecule has 3 aromatic rings. The number of hydrogen-bond donors (Lipinski definition) is 1. The van der Waals surface area contributed by atoms with Crippen molar-refractivity contribution >= 4 is 27.5 Å². The summed E-state index contributed by atoms with van der Waals surface area (Å²) in [5, 5.41) is 3.43. The van der Waals surface area contributed by atoms with Crippen LogP contribution in [0, 0.1) is 0 Å². The standard InChI is InChI=1S/C22H21ClN2O3S/c1-25(29(27,28)20-8-3-2-4-9-20)16-17-11-13-18(14-12-17)22(26)24-15-19-7-5-6-10-21(19)23/h2-14H,15-16H2,1H3,(H,24,26). The lowest BCUT2D eigenvalue weighted by atomic mass is 10.1. The Balaban J connectivity index is 1.62. The Kier molecular flexibility index (Phi) is 6.69. The molecular weight excluding hydrogens is 408 g/mol. The molecule has 0 aliphatic heterocycles. The Labute approximate surface area is 176 Å². The zero-order valence-corrected chi connectivity index (χ0v) is 17.5. The SMILES string of the molecule is CN(Cc1ccc(C(=O)NCc2ccccc2Cl)cc1)S(=O)(=O)c1ccccc1. The van der Waals surface area contributed by atoms with E-state index in [4.69, 9.17) is 11.6 Å². The van der Waals surface area contributed by atoms with Gasteiger partial charge < -0.3 is 5.32 Å². The number of sulfonamides is 1. The molecule has 1 N–H and O–H groups in total. The van der Waals surface area contributed by atoms with Gasteiger partial charge in [0, 0.05) is 30.7 Å².